The molecule has 2 N–H and O–H groups in total. The van der Waals surface area contributed by atoms with Crippen LogP contribution in [0, 0.1) is 11.8 Å². The van der Waals surface area contributed by atoms with Crippen LogP contribution in [0.5, 0.6) is 17.2 Å². The summed E-state index contributed by atoms with van der Waals surface area (Å²) in [7, 11) is 0. The third kappa shape index (κ3) is 5.38. The SMILES string of the molecule is C=CC(=O)N1CCC[C@@H](n2nc(C#CCOc3cccc(Oc4ccccc4)c3)c3c(N)ncnc32)C1. The van der Waals surface area contributed by atoms with E-state index < -0.39 is 0 Å². The lowest BCUT2D eigenvalue weighted by Crippen LogP contribution is -2.40. The number of para-hydroxylation sites is 1. The Bertz CT molecular complexity index is 1490. The predicted molar refractivity (Wildman–Crippen MR) is 140 cm³/mol. The molecule has 1 atom stereocenters. The molecule has 1 saturated heterocycles. The van der Waals surface area contributed by atoms with E-state index in [1.54, 1.807) is 4.90 Å². The van der Waals surface area contributed by atoms with E-state index in [0.717, 1.165) is 18.6 Å². The molecule has 37 heavy (non-hydrogen) atoms. The van der Waals surface area contributed by atoms with Crippen LogP contribution in [0.2, 0.25) is 0 Å². The third-order valence-electron chi connectivity index (χ3n) is 6.05. The van der Waals surface area contributed by atoms with Crippen molar-refractivity contribution >= 4 is 22.8 Å². The van der Waals surface area contributed by atoms with Gasteiger partial charge in [-0.1, -0.05) is 36.8 Å². The highest BCUT2D eigenvalue weighted by Crippen LogP contribution is 2.28. The fourth-order valence-electron chi connectivity index (χ4n) is 4.31. The van der Waals surface area contributed by atoms with Crippen LogP contribution >= 0.6 is 0 Å². The molecular formula is C28H26N6O3. The van der Waals surface area contributed by atoms with Gasteiger partial charge in [0.1, 0.15) is 41.7 Å². The highest BCUT2D eigenvalue weighted by molar-refractivity contribution is 5.90. The number of nitrogen functional groups attached to an aromatic ring is 1. The van der Waals surface area contributed by atoms with Crippen LogP contribution in [0.15, 0.2) is 73.6 Å². The zero-order valence-electron chi connectivity index (χ0n) is 20.2. The zero-order valence-corrected chi connectivity index (χ0v) is 20.2. The summed E-state index contributed by atoms with van der Waals surface area (Å²) >= 11 is 0. The largest absolute Gasteiger partial charge is 0.481 e. The Labute approximate surface area is 214 Å². The first-order chi connectivity index (χ1) is 18.1. The lowest BCUT2D eigenvalue weighted by Gasteiger charge is -2.32. The van der Waals surface area contributed by atoms with Crippen LogP contribution < -0.4 is 15.2 Å². The van der Waals surface area contributed by atoms with Crippen molar-refractivity contribution in [2.45, 2.75) is 18.9 Å². The number of hydrogen-bond acceptors (Lipinski definition) is 7. The minimum Gasteiger partial charge on any atom is -0.481 e. The van der Waals surface area contributed by atoms with Gasteiger partial charge in [-0.3, -0.25) is 4.79 Å². The van der Waals surface area contributed by atoms with Crippen LogP contribution in [-0.2, 0) is 4.79 Å². The smallest absolute Gasteiger partial charge is 0.246 e. The second-order valence-electron chi connectivity index (χ2n) is 8.52. The molecule has 1 amide bonds. The summed E-state index contributed by atoms with van der Waals surface area (Å²) in [6, 6.07) is 16.9. The van der Waals surface area contributed by atoms with E-state index in [-0.39, 0.29) is 18.6 Å². The van der Waals surface area contributed by atoms with Gasteiger partial charge < -0.3 is 20.1 Å². The Morgan fingerprint density at radius 1 is 1.14 bits per heavy atom. The fourth-order valence-corrected chi connectivity index (χ4v) is 4.31. The van der Waals surface area contributed by atoms with E-state index in [9.17, 15) is 4.79 Å². The Morgan fingerprint density at radius 3 is 2.78 bits per heavy atom. The maximum Gasteiger partial charge on any atom is 0.246 e. The van der Waals surface area contributed by atoms with E-state index in [4.69, 9.17) is 20.3 Å². The summed E-state index contributed by atoms with van der Waals surface area (Å²) in [5.74, 6) is 8.34. The Kier molecular flexibility index (Phi) is 6.99. The first-order valence-electron chi connectivity index (χ1n) is 12.0. The predicted octanol–water partition coefficient (Wildman–Crippen LogP) is 3.98. The molecule has 5 rings (SSSR count). The van der Waals surface area contributed by atoms with Gasteiger partial charge in [0.15, 0.2) is 5.65 Å². The van der Waals surface area contributed by atoms with Crippen LogP contribution in [0.1, 0.15) is 24.6 Å². The van der Waals surface area contributed by atoms with Crippen LogP contribution in [0.4, 0.5) is 5.82 Å². The second kappa shape index (κ2) is 10.8. The van der Waals surface area contributed by atoms with Gasteiger partial charge in [-0.25, -0.2) is 14.6 Å². The molecule has 2 aromatic heterocycles. The van der Waals surface area contributed by atoms with Crippen LogP contribution in [-0.4, -0.2) is 50.3 Å². The highest BCUT2D eigenvalue weighted by Gasteiger charge is 2.27. The normalized spacial score (nSPS) is 15.0. The summed E-state index contributed by atoms with van der Waals surface area (Å²) in [4.78, 5) is 22.5. The monoisotopic (exact) mass is 494 g/mol. The number of fused-ring (bicyclic) bond motifs is 1. The lowest BCUT2D eigenvalue weighted by atomic mass is 10.1. The van der Waals surface area contributed by atoms with Crippen molar-refractivity contribution in [2.75, 3.05) is 25.4 Å². The molecule has 0 radical (unpaired) electrons. The van der Waals surface area contributed by atoms with Crippen molar-refractivity contribution in [3.63, 3.8) is 0 Å². The van der Waals surface area contributed by atoms with E-state index in [1.807, 2.05) is 59.3 Å². The molecule has 186 valence electrons. The highest BCUT2D eigenvalue weighted by atomic mass is 16.5. The zero-order chi connectivity index (χ0) is 25.6. The fraction of sp³-hybridized carbons (Fsp3) is 0.214. The Balaban J connectivity index is 1.32. The molecule has 0 unspecified atom stereocenters. The number of likely N-dealkylation sites (tertiary alicyclic amines) is 1. The number of nitrogens with zero attached hydrogens (tertiary/aromatic N) is 5. The number of nitrogens with two attached hydrogens (primary N) is 1. The Morgan fingerprint density at radius 2 is 1.95 bits per heavy atom. The van der Waals surface area contributed by atoms with Gasteiger partial charge in [0.25, 0.3) is 0 Å². The number of amides is 1. The summed E-state index contributed by atoms with van der Waals surface area (Å²) in [6.45, 7) is 4.95. The van der Waals surface area contributed by atoms with Gasteiger partial charge in [-0.15, -0.1) is 0 Å². The summed E-state index contributed by atoms with van der Waals surface area (Å²) in [6.07, 6.45) is 4.47. The molecule has 1 fully saturated rings. The molecule has 4 aromatic rings. The average Bonchev–Trinajstić information content (AvgIpc) is 3.31. The van der Waals surface area contributed by atoms with Crippen molar-refractivity contribution < 1.29 is 14.3 Å². The van der Waals surface area contributed by atoms with Gasteiger partial charge in [-0.05, 0) is 49.1 Å². The first kappa shape index (κ1) is 23.9. The summed E-state index contributed by atoms with van der Waals surface area (Å²) in [5.41, 5.74) is 7.25. The van der Waals surface area contributed by atoms with E-state index in [0.29, 0.717) is 47.1 Å². The molecule has 0 spiro atoms. The van der Waals surface area contributed by atoms with Gasteiger partial charge in [0.2, 0.25) is 5.91 Å². The van der Waals surface area contributed by atoms with Crippen molar-refractivity contribution in [2.24, 2.45) is 0 Å². The molecule has 3 heterocycles. The Hall–Kier alpha value is -4.84. The number of rotatable bonds is 6. The number of carbonyl (C=O) groups is 1. The molecule has 0 aliphatic carbocycles. The molecule has 1 aliphatic rings. The average molecular weight is 495 g/mol. The molecule has 1 aliphatic heterocycles. The number of anilines is 1. The van der Waals surface area contributed by atoms with E-state index >= 15 is 0 Å². The van der Waals surface area contributed by atoms with Crippen LogP contribution in [0.25, 0.3) is 11.0 Å². The summed E-state index contributed by atoms with van der Waals surface area (Å²) in [5, 5.41) is 5.32. The van der Waals surface area contributed by atoms with E-state index in [1.165, 1.54) is 12.4 Å². The maximum atomic E-state index is 12.2. The second-order valence-corrected chi connectivity index (χ2v) is 8.52. The van der Waals surface area contributed by atoms with Crippen molar-refractivity contribution in [3.05, 3.63) is 79.3 Å². The molecule has 2 aromatic carbocycles. The minimum atomic E-state index is -0.0919. The quantitative estimate of drug-likeness (QED) is 0.319. The van der Waals surface area contributed by atoms with Crippen molar-refractivity contribution in [3.8, 4) is 29.1 Å². The van der Waals surface area contributed by atoms with Gasteiger partial charge in [-0.2, -0.15) is 5.10 Å². The van der Waals surface area contributed by atoms with Gasteiger partial charge in [0.05, 0.1) is 11.4 Å². The number of benzene rings is 2. The topological polar surface area (TPSA) is 108 Å². The number of aromatic nitrogens is 4. The third-order valence-corrected chi connectivity index (χ3v) is 6.05. The lowest BCUT2D eigenvalue weighted by molar-refractivity contribution is -0.127. The van der Waals surface area contributed by atoms with Gasteiger partial charge in [0, 0.05) is 19.2 Å². The van der Waals surface area contributed by atoms with Crippen molar-refractivity contribution in [1.29, 1.82) is 0 Å². The standard InChI is InChI=1S/C28H26N6O3/c1-2-25(35)33-15-7-9-20(18-33)34-28-26(27(29)30-19-31-28)24(32-34)14-8-16-36-22-12-6-13-23(17-22)37-21-10-4-3-5-11-21/h2-6,10-13,17,19-20H,1,7,9,15-16,18H2,(H2,29,30,31)/t20-/m1/s1. The number of carbonyl (C=O) groups excluding carboxylic acids is 1. The minimum absolute atomic E-state index is 0.0476. The molecule has 0 bridgehead atoms. The number of hydrogen-bond donors (Lipinski definition) is 1. The first-order valence-corrected chi connectivity index (χ1v) is 12.0. The maximum absolute atomic E-state index is 12.2. The number of piperidine rings is 1. The molecular weight excluding hydrogens is 468 g/mol. The van der Waals surface area contributed by atoms with E-state index in [2.05, 4.69) is 28.4 Å². The van der Waals surface area contributed by atoms with Gasteiger partial charge >= 0.3 is 0 Å². The van der Waals surface area contributed by atoms with Crippen LogP contribution in [0.3, 0.4) is 0 Å². The van der Waals surface area contributed by atoms with Crippen molar-refractivity contribution in [1.82, 2.24) is 24.6 Å². The summed E-state index contributed by atoms with van der Waals surface area (Å²) < 4.78 is 13.5. The number of ether oxygens (including phenoxy) is 2. The molecule has 9 heteroatoms. The molecule has 0 saturated carbocycles. The molecule has 9 nitrogen and oxygen atoms in total.